The molecule has 3 nitrogen and oxygen atoms in total. The molecule has 20 heavy (non-hydrogen) atoms. The fourth-order valence-corrected chi connectivity index (χ4v) is 1.80. The zero-order valence-corrected chi connectivity index (χ0v) is 13.5. The van der Waals surface area contributed by atoms with Crippen molar-refractivity contribution in [2.45, 2.75) is 32.8 Å². The van der Waals surface area contributed by atoms with E-state index in [-0.39, 0.29) is 5.82 Å². The first kappa shape index (κ1) is 16.7. The summed E-state index contributed by atoms with van der Waals surface area (Å²) in [6.07, 6.45) is 3.66. The Morgan fingerprint density at radius 1 is 1.45 bits per heavy atom. The van der Waals surface area contributed by atoms with Crippen LogP contribution in [0.15, 0.2) is 28.7 Å². The molecule has 0 bridgehead atoms. The number of nitrogens with one attached hydrogen (secondary N) is 1. The van der Waals surface area contributed by atoms with E-state index < -0.39 is 11.7 Å². The van der Waals surface area contributed by atoms with Gasteiger partial charge in [0, 0.05) is 16.6 Å². The van der Waals surface area contributed by atoms with Crippen LogP contribution in [0.5, 0.6) is 0 Å². The van der Waals surface area contributed by atoms with Gasteiger partial charge < -0.3 is 10.1 Å². The number of hydrogen-bond acceptors (Lipinski definition) is 2. The molecule has 1 aromatic carbocycles. The summed E-state index contributed by atoms with van der Waals surface area (Å²) in [5.74, 6) is -0.274. The molecule has 1 N–H and O–H groups in total. The Labute approximate surface area is 127 Å². The molecule has 5 heteroatoms. The minimum Gasteiger partial charge on any atom is -0.444 e. The van der Waals surface area contributed by atoms with Crippen LogP contribution in [0.1, 0.15) is 32.8 Å². The van der Waals surface area contributed by atoms with E-state index in [1.807, 2.05) is 26.8 Å². The van der Waals surface area contributed by atoms with Crippen LogP contribution in [-0.2, 0) is 4.74 Å². The van der Waals surface area contributed by atoms with Crippen LogP contribution in [0.3, 0.4) is 0 Å². The SMILES string of the molecule is CC(C)(C)OC(=O)NCCC=Cc1cc(Br)ccc1F. The third kappa shape index (κ3) is 6.70. The number of amides is 1. The van der Waals surface area contributed by atoms with Gasteiger partial charge in [-0.2, -0.15) is 0 Å². The first-order chi connectivity index (χ1) is 9.28. The van der Waals surface area contributed by atoms with Crippen molar-refractivity contribution in [3.63, 3.8) is 0 Å². The molecular weight excluding hydrogens is 325 g/mol. The normalized spacial score (nSPS) is 11.7. The Morgan fingerprint density at radius 3 is 2.80 bits per heavy atom. The Morgan fingerprint density at radius 2 is 2.15 bits per heavy atom. The second-order valence-electron chi connectivity index (χ2n) is 5.29. The number of rotatable bonds is 4. The summed E-state index contributed by atoms with van der Waals surface area (Å²) < 4.78 is 19.4. The second kappa shape index (κ2) is 7.43. The maximum absolute atomic E-state index is 13.4. The molecule has 0 saturated carbocycles. The van der Waals surface area contributed by atoms with Gasteiger partial charge in [0.15, 0.2) is 0 Å². The van der Waals surface area contributed by atoms with Crippen molar-refractivity contribution in [3.05, 3.63) is 40.1 Å². The fourth-order valence-electron chi connectivity index (χ4n) is 1.42. The number of alkyl carbamates (subject to hydrolysis) is 1. The highest BCUT2D eigenvalue weighted by molar-refractivity contribution is 9.10. The maximum Gasteiger partial charge on any atom is 0.407 e. The molecule has 0 unspecified atom stereocenters. The molecule has 0 aromatic heterocycles. The van der Waals surface area contributed by atoms with Crippen LogP contribution in [-0.4, -0.2) is 18.2 Å². The predicted molar refractivity (Wildman–Crippen MR) is 82.0 cm³/mol. The zero-order valence-electron chi connectivity index (χ0n) is 11.9. The van der Waals surface area contributed by atoms with E-state index in [4.69, 9.17) is 4.74 Å². The van der Waals surface area contributed by atoms with Gasteiger partial charge >= 0.3 is 6.09 Å². The summed E-state index contributed by atoms with van der Waals surface area (Å²) in [5, 5.41) is 2.64. The molecule has 0 spiro atoms. The molecule has 0 aliphatic carbocycles. The third-order valence-corrected chi connectivity index (χ3v) is 2.73. The van der Waals surface area contributed by atoms with Gasteiger partial charge in [-0.25, -0.2) is 9.18 Å². The van der Waals surface area contributed by atoms with E-state index >= 15 is 0 Å². The number of carbonyl (C=O) groups is 1. The van der Waals surface area contributed by atoms with E-state index in [1.165, 1.54) is 6.07 Å². The van der Waals surface area contributed by atoms with Crippen molar-refractivity contribution in [3.8, 4) is 0 Å². The maximum atomic E-state index is 13.4. The first-order valence-corrected chi connectivity index (χ1v) is 7.16. The molecule has 0 aliphatic rings. The van der Waals surface area contributed by atoms with E-state index in [1.54, 1.807) is 18.2 Å². The first-order valence-electron chi connectivity index (χ1n) is 6.36. The van der Waals surface area contributed by atoms with E-state index in [0.717, 1.165) is 4.47 Å². The summed E-state index contributed by atoms with van der Waals surface area (Å²) in [4.78, 5) is 11.4. The molecule has 0 saturated heterocycles. The van der Waals surface area contributed by atoms with Crippen molar-refractivity contribution in [2.75, 3.05) is 6.54 Å². The Kier molecular flexibility index (Phi) is 6.20. The lowest BCUT2D eigenvalue weighted by atomic mass is 10.2. The zero-order chi connectivity index (χ0) is 15.2. The summed E-state index contributed by atoms with van der Waals surface area (Å²) in [5.41, 5.74) is 0.0102. The average molecular weight is 344 g/mol. The number of halogens is 2. The van der Waals surface area contributed by atoms with Gasteiger partial charge in [-0.1, -0.05) is 28.1 Å². The number of ether oxygens (including phenoxy) is 1. The molecule has 0 heterocycles. The summed E-state index contributed by atoms with van der Waals surface area (Å²) in [6, 6.07) is 4.76. The van der Waals surface area contributed by atoms with E-state index in [9.17, 15) is 9.18 Å². The lowest BCUT2D eigenvalue weighted by Crippen LogP contribution is -2.32. The van der Waals surface area contributed by atoms with Crippen LogP contribution >= 0.6 is 15.9 Å². The largest absolute Gasteiger partial charge is 0.444 e. The quantitative estimate of drug-likeness (QED) is 0.816. The van der Waals surface area contributed by atoms with Crippen LogP contribution < -0.4 is 5.32 Å². The minimum absolute atomic E-state index is 0.274. The van der Waals surface area contributed by atoms with Gasteiger partial charge in [0.05, 0.1) is 0 Å². The predicted octanol–water partition coefficient (Wildman–Crippen LogP) is 4.52. The molecule has 1 rings (SSSR count). The molecule has 1 aromatic rings. The molecular formula is C15H19BrFNO2. The highest BCUT2D eigenvalue weighted by atomic mass is 79.9. The van der Waals surface area contributed by atoms with Gasteiger partial charge in [0.2, 0.25) is 0 Å². The van der Waals surface area contributed by atoms with Gasteiger partial charge in [-0.15, -0.1) is 0 Å². The van der Waals surface area contributed by atoms with Crippen molar-refractivity contribution in [2.24, 2.45) is 0 Å². The average Bonchev–Trinajstić information content (AvgIpc) is 2.30. The number of carbonyl (C=O) groups excluding carboxylic acids is 1. The fraction of sp³-hybridized carbons (Fsp3) is 0.400. The Bertz CT molecular complexity index is 495. The van der Waals surface area contributed by atoms with Crippen LogP contribution in [0.4, 0.5) is 9.18 Å². The third-order valence-electron chi connectivity index (χ3n) is 2.23. The van der Waals surface area contributed by atoms with E-state index in [2.05, 4.69) is 21.2 Å². The monoisotopic (exact) mass is 343 g/mol. The van der Waals surface area contributed by atoms with Gasteiger partial charge in [-0.3, -0.25) is 0 Å². The van der Waals surface area contributed by atoms with Crippen molar-refractivity contribution < 1.29 is 13.9 Å². The Balaban J connectivity index is 2.36. The molecule has 0 aliphatic heterocycles. The molecule has 1 amide bonds. The topological polar surface area (TPSA) is 38.3 Å². The second-order valence-corrected chi connectivity index (χ2v) is 6.20. The van der Waals surface area contributed by atoms with Gasteiger partial charge in [-0.05, 0) is 45.4 Å². The highest BCUT2D eigenvalue weighted by Crippen LogP contribution is 2.16. The van der Waals surface area contributed by atoms with Crippen LogP contribution in [0.25, 0.3) is 6.08 Å². The van der Waals surface area contributed by atoms with E-state index in [0.29, 0.717) is 18.5 Å². The summed E-state index contributed by atoms with van der Waals surface area (Å²) in [7, 11) is 0. The molecule has 0 radical (unpaired) electrons. The van der Waals surface area contributed by atoms with Crippen molar-refractivity contribution >= 4 is 28.1 Å². The molecule has 110 valence electrons. The number of hydrogen-bond donors (Lipinski definition) is 1. The Hall–Kier alpha value is -1.36. The highest BCUT2D eigenvalue weighted by Gasteiger charge is 2.15. The van der Waals surface area contributed by atoms with Gasteiger partial charge in [0.1, 0.15) is 11.4 Å². The number of benzene rings is 1. The van der Waals surface area contributed by atoms with Crippen molar-refractivity contribution in [1.29, 1.82) is 0 Å². The lowest BCUT2D eigenvalue weighted by molar-refractivity contribution is 0.0529. The molecule has 0 atom stereocenters. The summed E-state index contributed by atoms with van der Waals surface area (Å²) >= 11 is 3.29. The van der Waals surface area contributed by atoms with Crippen molar-refractivity contribution in [1.82, 2.24) is 5.32 Å². The standard InChI is InChI=1S/C15H19BrFNO2/c1-15(2,3)20-14(19)18-9-5-4-6-11-10-12(16)7-8-13(11)17/h4,6-8,10H,5,9H2,1-3H3,(H,18,19). The lowest BCUT2D eigenvalue weighted by Gasteiger charge is -2.19. The van der Waals surface area contributed by atoms with Crippen LogP contribution in [0.2, 0.25) is 0 Å². The molecule has 0 fully saturated rings. The smallest absolute Gasteiger partial charge is 0.407 e. The van der Waals surface area contributed by atoms with Crippen LogP contribution in [0, 0.1) is 5.82 Å². The summed E-state index contributed by atoms with van der Waals surface area (Å²) in [6.45, 7) is 5.87. The minimum atomic E-state index is -0.501. The van der Waals surface area contributed by atoms with Gasteiger partial charge in [0.25, 0.3) is 0 Å².